The summed E-state index contributed by atoms with van der Waals surface area (Å²) in [6.07, 6.45) is 0. The van der Waals surface area contributed by atoms with Gasteiger partial charge in [-0.2, -0.15) is 0 Å². The number of para-hydroxylation sites is 1. The molecular weight excluding hydrogens is 581 g/mol. The molecule has 0 saturated heterocycles. The minimum absolute atomic E-state index is 0.135. The van der Waals surface area contributed by atoms with Crippen molar-refractivity contribution in [2.75, 3.05) is 0 Å². The van der Waals surface area contributed by atoms with Crippen LogP contribution in [0, 0.1) is 0 Å². The van der Waals surface area contributed by atoms with Crippen LogP contribution in [0.1, 0.15) is 25.0 Å². The van der Waals surface area contributed by atoms with E-state index in [0.717, 1.165) is 11.2 Å². The molecule has 0 spiro atoms. The summed E-state index contributed by atoms with van der Waals surface area (Å²) in [6, 6.07) is 54.0. The highest BCUT2D eigenvalue weighted by atomic mass is 16.3. The molecule has 0 saturated carbocycles. The van der Waals surface area contributed by atoms with Crippen LogP contribution in [0.4, 0.5) is 0 Å². The lowest BCUT2D eigenvalue weighted by Crippen LogP contribution is -2.15. The molecule has 0 radical (unpaired) electrons. The number of hydrogen-bond donors (Lipinski definition) is 0. The smallest absolute Gasteiger partial charge is 0.136 e. The summed E-state index contributed by atoms with van der Waals surface area (Å²) < 4.78 is 6.32. The van der Waals surface area contributed by atoms with Crippen molar-refractivity contribution in [2.45, 2.75) is 19.3 Å². The molecule has 1 heterocycles. The molecule has 0 bridgehead atoms. The minimum atomic E-state index is -0.135. The van der Waals surface area contributed by atoms with Gasteiger partial charge in [0.05, 0.1) is 0 Å². The lowest BCUT2D eigenvalue weighted by atomic mass is 9.80. The van der Waals surface area contributed by atoms with Gasteiger partial charge in [-0.05, 0) is 112 Å². The maximum Gasteiger partial charge on any atom is 0.136 e. The zero-order valence-corrected chi connectivity index (χ0v) is 26.8. The maximum atomic E-state index is 6.32. The molecule has 48 heavy (non-hydrogen) atoms. The van der Waals surface area contributed by atoms with E-state index in [1.54, 1.807) is 0 Å². The third kappa shape index (κ3) is 3.35. The predicted molar refractivity (Wildman–Crippen MR) is 203 cm³/mol. The van der Waals surface area contributed by atoms with Gasteiger partial charge in [-0.3, -0.25) is 0 Å². The van der Waals surface area contributed by atoms with Gasteiger partial charge in [0.2, 0.25) is 0 Å². The molecule has 0 aliphatic heterocycles. The molecule has 224 valence electrons. The van der Waals surface area contributed by atoms with Crippen LogP contribution < -0.4 is 0 Å². The Labute approximate surface area is 278 Å². The zero-order chi connectivity index (χ0) is 31.7. The highest BCUT2D eigenvalue weighted by Gasteiger charge is 2.36. The fourth-order valence-corrected chi connectivity index (χ4v) is 8.87. The lowest BCUT2D eigenvalue weighted by molar-refractivity contribution is 0.658. The predicted octanol–water partition coefficient (Wildman–Crippen LogP) is 13.3. The molecule has 1 aliphatic carbocycles. The molecule has 1 aliphatic rings. The summed E-state index contributed by atoms with van der Waals surface area (Å²) in [5.74, 6) is 0. The van der Waals surface area contributed by atoms with Crippen molar-refractivity contribution in [1.82, 2.24) is 0 Å². The molecule has 1 heteroatoms. The topological polar surface area (TPSA) is 13.1 Å². The molecule has 1 nitrogen and oxygen atoms in total. The Morgan fingerprint density at radius 2 is 1.00 bits per heavy atom. The Kier molecular flexibility index (Phi) is 4.97. The van der Waals surface area contributed by atoms with Crippen LogP contribution in [-0.4, -0.2) is 0 Å². The van der Waals surface area contributed by atoms with Gasteiger partial charge in [0, 0.05) is 16.2 Å². The summed E-state index contributed by atoms with van der Waals surface area (Å²) in [5.41, 5.74) is 12.2. The molecule has 0 atom stereocenters. The zero-order valence-electron chi connectivity index (χ0n) is 26.8. The number of rotatable bonds is 2. The molecular formula is C47H30O. The second kappa shape index (κ2) is 9.12. The summed E-state index contributed by atoms with van der Waals surface area (Å²) in [4.78, 5) is 0. The lowest BCUT2D eigenvalue weighted by Gasteiger charge is -2.22. The van der Waals surface area contributed by atoms with E-state index in [9.17, 15) is 0 Å². The van der Waals surface area contributed by atoms with E-state index in [2.05, 4.69) is 153 Å². The first-order valence-electron chi connectivity index (χ1n) is 16.8. The first kappa shape index (κ1) is 26.2. The van der Waals surface area contributed by atoms with Crippen LogP contribution in [0.25, 0.3) is 98.4 Å². The van der Waals surface area contributed by atoms with E-state index in [1.165, 1.54) is 98.4 Å². The number of furan rings is 1. The van der Waals surface area contributed by atoms with Gasteiger partial charge in [0.15, 0.2) is 0 Å². The standard InChI is InChI=1S/C47H30O/c1-47(2)41-24-30(18-21-35(41)39-26-44-40(25-42(39)47)36-11-5-6-13-43(36)48-44)32-19-14-28-17-23-38-34(20-15-29-16-22-37(32)45(28)46(29)38)33-12-7-9-27-8-3-4-10-31(27)33/h3-26H,1-2H3. The fraction of sp³-hybridized carbons (Fsp3) is 0.0638. The Morgan fingerprint density at radius 3 is 1.83 bits per heavy atom. The largest absolute Gasteiger partial charge is 0.456 e. The number of benzene rings is 9. The Morgan fingerprint density at radius 1 is 0.375 bits per heavy atom. The SMILES string of the molecule is CC1(C)c2cc(-c3ccc4ccc5c(-c6cccc7ccccc67)ccc6ccc3c4c65)ccc2-c2cc3oc4ccccc4c3cc21. The molecule has 0 fully saturated rings. The highest BCUT2D eigenvalue weighted by Crippen LogP contribution is 2.52. The van der Waals surface area contributed by atoms with Crippen LogP contribution in [-0.2, 0) is 5.41 Å². The van der Waals surface area contributed by atoms with E-state index in [4.69, 9.17) is 4.42 Å². The van der Waals surface area contributed by atoms with E-state index >= 15 is 0 Å². The van der Waals surface area contributed by atoms with E-state index in [0.29, 0.717) is 0 Å². The number of fused-ring (bicyclic) bond motifs is 7. The van der Waals surface area contributed by atoms with E-state index < -0.39 is 0 Å². The van der Waals surface area contributed by atoms with Crippen LogP contribution in [0.3, 0.4) is 0 Å². The monoisotopic (exact) mass is 610 g/mol. The van der Waals surface area contributed by atoms with Gasteiger partial charge in [-0.1, -0.05) is 135 Å². The van der Waals surface area contributed by atoms with Crippen molar-refractivity contribution in [2.24, 2.45) is 0 Å². The fourth-order valence-electron chi connectivity index (χ4n) is 8.87. The van der Waals surface area contributed by atoms with Crippen LogP contribution in [0.2, 0.25) is 0 Å². The van der Waals surface area contributed by atoms with Gasteiger partial charge < -0.3 is 4.42 Å². The average Bonchev–Trinajstić information content (AvgIpc) is 3.60. The molecule has 0 amide bonds. The molecule has 9 aromatic carbocycles. The van der Waals surface area contributed by atoms with Crippen LogP contribution >= 0.6 is 0 Å². The second-order valence-corrected chi connectivity index (χ2v) is 14.1. The van der Waals surface area contributed by atoms with Crippen LogP contribution in [0.15, 0.2) is 150 Å². The van der Waals surface area contributed by atoms with Crippen molar-refractivity contribution < 1.29 is 4.42 Å². The van der Waals surface area contributed by atoms with Gasteiger partial charge in [0.25, 0.3) is 0 Å². The Hall–Kier alpha value is -5.92. The molecule has 0 unspecified atom stereocenters. The third-order valence-corrected chi connectivity index (χ3v) is 11.2. The molecule has 1 aromatic heterocycles. The summed E-state index contributed by atoms with van der Waals surface area (Å²) in [6.45, 7) is 4.74. The van der Waals surface area contributed by atoms with Gasteiger partial charge in [0.1, 0.15) is 11.2 Å². The van der Waals surface area contributed by atoms with Gasteiger partial charge in [-0.15, -0.1) is 0 Å². The number of hydrogen-bond acceptors (Lipinski definition) is 1. The molecule has 11 rings (SSSR count). The molecule has 0 N–H and O–H groups in total. The Balaban J connectivity index is 1.12. The minimum Gasteiger partial charge on any atom is -0.456 e. The van der Waals surface area contributed by atoms with Crippen molar-refractivity contribution in [3.63, 3.8) is 0 Å². The van der Waals surface area contributed by atoms with Gasteiger partial charge >= 0.3 is 0 Å². The summed E-state index contributed by atoms with van der Waals surface area (Å²) in [7, 11) is 0. The van der Waals surface area contributed by atoms with Gasteiger partial charge in [-0.25, -0.2) is 0 Å². The van der Waals surface area contributed by atoms with Crippen molar-refractivity contribution in [3.8, 4) is 33.4 Å². The normalized spacial score (nSPS) is 13.8. The maximum absolute atomic E-state index is 6.32. The van der Waals surface area contributed by atoms with Crippen molar-refractivity contribution in [1.29, 1.82) is 0 Å². The average molecular weight is 611 g/mol. The third-order valence-electron chi connectivity index (χ3n) is 11.2. The second-order valence-electron chi connectivity index (χ2n) is 14.1. The van der Waals surface area contributed by atoms with E-state index in [-0.39, 0.29) is 5.41 Å². The van der Waals surface area contributed by atoms with Crippen molar-refractivity contribution in [3.05, 3.63) is 157 Å². The summed E-state index contributed by atoms with van der Waals surface area (Å²) in [5, 5.41) is 12.8. The van der Waals surface area contributed by atoms with E-state index in [1.807, 2.05) is 6.07 Å². The first-order valence-corrected chi connectivity index (χ1v) is 16.8. The van der Waals surface area contributed by atoms with Crippen LogP contribution in [0.5, 0.6) is 0 Å². The Bertz CT molecular complexity index is 2970. The highest BCUT2D eigenvalue weighted by molar-refractivity contribution is 6.28. The molecule has 10 aromatic rings. The first-order chi connectivity index (χ1) is 23.5. The quantitative estimate of drug-likeness (QED) is 0.178. The summed E-state index contributed by atoms with van der Waals surface area (Å²) >= 11 is 0. The van der Waals surface area contributed by atoms with Crippen molar-refractivity contribution >= 4 is 65.0 Å².